The Kier molecular flexibility index (Phi) is 13.6. The fourth-order valence-electron chi connectivity index (χ4n) is 8.22. The predicted molar refractivity (Wildman–Crippen MR) is 184 cm³/mol. The molecule has 0 unspecified atom stereocenters. The molecule has 0 radical (unpaired) electrons. The Morgan fingerprint density at radius 2 is 1.66 bits per heavy atom. The van der Waals surface area contributed by atoms with Gasteiger partial charge in [-0.2, -0.15) is 0 Å². The molecule has 12 heteroatoms. The fraction of sp³-hybridized carbons (Fsp3) is 0.763. The number of allylic oxidation sites excluding steroid dienone is 3. The summed E-state index contributed by atoms with van der Waals surface area (Å²) in [5.74, 6) is -1.65. The van der Waals surface area contributed by atoms with Crippen LogP contribution in [0.2, 0.25) is 0 Å². The minimum Gasteiger partial charge on any atom is -0.459 e. The maximum absolute atomic E-state index is 13.1. The van der Waals surface area contributed by atoms with E-state index in [0.29, 0.717) is 31.3 Å². The van der Waals surface area contributed by atoms with E-state index in [1.54, 1.807) is 27.7 Å². The van der Waals surface area contributed by atoms with Crippen molar-refractivity contribution < 1.29 is 59.2 Å². The summed E-state index contributed by atoms with van der Waals surface area (Å²) in [4.78, 5) is 37.8. The number of carbonyl (C=O) groups excluding carboxylic acids is 3. The summed E-state index contributed by atoms with van der Waals surface area (Å²) in [7, 11) is 0. The highest BCUT2D eigenvalue weighted by atomic mass is 16.7. The van der Waals surface area contributed by atoms with Crippen molar-refractivity contribution in [1.82, 2.24) is 0 Å². The Labute approximate surface area is 296 Å². The second-order valence-corrected chi connectivity index (χ2v) is 16.2. The predicted octanol–water partition coefficient (Wildman–Crippen LogP) is 2.84. The molecule has 12 nitrogen and oxygen atoms in total. The molecule has 11 atom stereocenters. The summed E-state index contributed by atoms with van der Waals surface area (Å²) in [5, 5.41) is 62.4. The molecule has 0 bridgehead atoms. The fourth-order valence-corrected chi connectivity index (χ4v) is 8.22. The van der Waals surface area contributed by atoms with E-state index in [0.717, 1.165) is 5.57 Å². The number of ether oxygens (including phenoxy) is 3. The van der Waals surface area contributed by atoms with Crippen molar-refractivity contribution in [2.45, 2.75) is 155 Å². The summed E-state index contributed by atoms with van der Waals surface area (Å²) < 4.78 is 17.8. The Balaban J connectivity index is 1.69. The lowest BCUT2D eigenvalue weighted by molar-refractivity contribution is -0.327. The number of Topliss-reactive ketones (excluding diaryl/α,β-unsaturated/α-hetero) is 1. The zero-order valence-corrected chi connectivity index (χ0v) is 31.1. The van der Waals surface area contributed by atoms with Crippen LogP contribution in [0.3, 0.4) is 0 Å². The average molecular weight is 709 g/mol. The molecule has 3 aliphatic rings. The highest BCUT2D eigenvalue weighted by molar-refractivity contribution is 5.99. The molecule has 0 aromatic carbocycles. The van der Waals surface area contributed by atoms with Crippen LogP contribution in [0, 0.1) is 22.7 Å². The topological polar surface area (TPSA) is 200 Å². The molecule has 1 saturated heterocycles. The van der Waals surface area contributed by atoms with Crippen molar-refractivity contribution in [2.24, 2.45) is 22.7 Å². The number of aliphatic hydroxyl groups is 6. The van der Waals surface area contributed by atoms with Crippen molar-refractivity contribution >= 4 is 17.5 Å². The molecule has 1 saturated carbocycles. The molecule has 0 amide bonds. The van der Waals surface area contributed by atoms with E-state index in [1.807, 2.05) is 33.8 Å². The van der Waals surface area contributed by atoms with Gasteiger partial charge in [0.1, 0.15) is 30.0 Å². The average Bonchev–Trinajstić information content (AvgIpc) is 3.01. The van der Waals surface area contributed by atoms with Gasteiger partial charge in [0, 0.05) is 30.6 Å². The molecule has 6 N–H and O–H groups in total. The maximum Gasteiger partial charge on any atom is 0.303 e. The van der Waals surface area contributed by atoms with Crippen molar-refractivity contribution in [2.75, 3.05) is 6.61 Å². The van der Waals surface area contributed by atoms with E-state index in [1.165, 1.54) is 25.2 Å². The first kappa shape index (κ1) is 42.1. The Bertz CT molecular complexity index is 1330. The first-order valence-electron chi connectivity index (χ1n) is 17.6. The number of rotatable bonds is 13. The molecular formula is C38H60O12. The van der Waals surface area contributed by atoms with Gasteiger partial charge in [0.2, 0.25) is 0 Å². The molecule has 50 heavy (non-hydrogen) atoms. The normalized spacial score (nSPS) is 38.1. The minimum absolute atomic E-state index is 0.0423. The Morgan fingerprint density at radius 1 is 1.02 bits per heavy atom. The number of aliphatic hydroxyl groups excluding tert-OH is 5. The van der Waals surface area contributed by atoms with Crippen molar-refractivity contribution in [3.63, 3.8) is 0 Å². The van der Waals surface area contributed by atoms with Crippen LogP contribution in [0.5, 0.6) is 0 Å². The third-order valence-corrected chi connectivity index (χ3v) is 11.5. The lowest BCUT2D eigenvalue weighted by atomic mass is 9.58. The van der Waals surface area contributed by atoms with E-state index in [2.05, 4.69) is 0 Å². The van der Waals surface area contributed by atoms with Crippen LogP contribution in [0.4, 0.5) is 0 Å². The van der Waals surface area contributed by atoms with Crippen molar-refractivity contribution in [3.05, 3.63) is 35.5 Å². The van der Waals surface area contributed by atoms with Gasteiger partial charge in [-0.1, -0.05) is 39.3 Å². The highest BCUT2D eigenvalue weighted by Gasteiger charge is 2.55. The Morgan fingerprint density at radius 3 is 2.26 bits per heavy atom. The summed E-state index contributed by atoms with van der Waals surface area (Å²) in [5.41, 5.74) is -2.37. The molecule has 1 heterocycles. The number of ketones is 2. The van der Waals surface area contributed by atoms with Gasteiger partial charge in [0.05, 0.1) is 24.4 Å². The second kappa shape index (κ2) is 16.2. The number of hydrogen-bond donors (Lipinski definition) is 6. The van der Waals surface area contributed by atoms with Crippen LogP contribution >= 0.6 is 0 Å². The molecule has 1 aliphatic heterocycles. The number of carbonyl (C=O) groups is 3. The van der Waals surface area contributed by atoms with E-state index in [-0.39, 0.29) is 30.3 Å². The van der Waals surface area contributed by atoms with E-state index >= 15 is 0 Å². The van der Waals surface area contributed by atoms with Gasteiger partial charge in [0.25, 0.3) is 0 Å². The van der Waals surface area contributed by atoms with Crippen LogP contribution in [-0.4, -0.2) is 109 Å². The Hall–Kier alpha value is -2.29. The molecule has 0 aromatic heterocycles. The monoisotopic (exact) mass is 708 g/mol. The van der Waals surface area contributed by atoms with Crippen molar-refractivity contribution in [3.8, 4) is 0 Å². The molecule has 3 rings (SSSR count). The number of hydrogen-bond acceptors (Lipinski definition) is 12. The van der Waals surface area contributed by atoms with Crippen LogP contribution < -0.4 is 0 Å². The molecule has 284 valence electrons. The van der Waals surface area contributed by atoms with Gasteiger partial charge in [-0.15, -0.1) is 0 Å². The van der Waals surface area contributed by atoms with E-state index < -0.39 is 83.4 Å². The summed E-state index contributed by atoms with van der Waals surface area (Å²) >= 11 is 0. The minimum atomic E-state index is -1.57. The molecule has 0 aromatic rings. The van der Waals surface area contributed by atoms with Crippen LogP contribution in [0.1, 0.15) is 101 Å². The highest BCUT2D eigenvalue weighted by Crippen LogP contribution is 2.52. The van der Waals surface area contributed by atoms with Gasteiger partial charge in [-0.05, 0) is 89.0 Å². The third kappa shape index (κ3) is 9.38. The zero-order chi connectivity index (χ0) is 38.0. The summed E-state index contributed by atoms with van der Waals surface area (Å²) in [6.07, 6.45) is 0.0779. The molecular weight excluding hydrogens is 648 g/mol. The van der Waals surface area contributed by atoms with Crippen LogP contribution in [0.15, 0.2) is 35.5 Å². The van der Waals surface area contributed by atoms with Crippen LogP contribution in [0.25, 0.3) is 0 Å². The zero-order valence-electron chi connectivity index (χ0n) is 31.1. The van der Waals surface area contributed by atoms with Gasteiger partial charge in [-0.3, -0.25) is 14.4 Å². The summed E-state index contributed by atoms with van der Waals surface area (Å²) in [6.45, 7) is 15.3. The smallest absolute Gasteiger partial charge is 0.303 e. The SMILES string of the molecule is CC(=O)O[C@@]1(C)CC[C@H](O[C@@H]2O[C@H](CO)[C@H](O)[C@H](O)[C@H]2O)C(C)(C)[C@@H]1CC/C(C)=C/C[C@@H](O)/C=C(\C)C(=O)C[C@H]1C(C)(C)C(=O)C=C[C@]1(C)O. The lowest BCUT2D eigenvalue weighted by Crippen LogP contribution is -2.62. The standard InChI is InChI=1S/C38H60O12/c1-21(10-12-24(41)18-22(2)25(42)19-28-35(4,5)29(43)14-16-37(28,8)47)11-13-27-36(6,7)30(15-17-38(27,9)50-23(3)40)49-34-33(46)32(45)31(44)26(20-39)48-34/h10,14,16,18,24,26-28,30-34,39,41,44-47H,11-13,15,17,19-20H2,1-9H3/b21-10+,22-18+/t24-,26-,27+,28+,30+,31+,32+,33-,34+,37+,38+/m1/s1. The van der Waals surface area contributed by atoms with Gasteiger partial charge < -0.3 is 44.8 Å². The molecule has 2 aliphatic carbocycles. The quantitative estimate of drug-likeness (QED) is 0.0930. The first-order valence-corrected chi connectivity index (χ1v) is 17.6. The van der Waals surface area contributed by atoms with Gasteiger partial charge in [-0.25, -0.2) is 0 Å². The van der Waals surface area contributed by atoms with E-state index in [4.69, 9.17) is 14.2 Å². The van der Waals surface area contributed by atoms with Gasteiger partial charge in [0.15, 0.2) is 17.9 Å². The van der Waals surface area contributed by atoms with Gasteiger partial charge >= 0.3 is 5.97 Å². The van der Waals surface area contributed by atoms with Crippen molar-refractivity contribution in [1.29, 1.82) is 0 Å². The second-order valence-electron chi connectivity index (χ2n) is 16.2. The largest absolute Gasteiger partial charge is 0.459 e. The first-order chi connectivity index (χ1) is 23.0. The maximum atomic E-state index is 13.1. The third-order valence-electron chi connectivity index (χ3n) is 11.5. The lowest BCUT2D eigenvalue weighted by Gasteiger charge is -2.54. The van der Waals surface area contributed by atoms with E-state index in [9.17, 15) is 45.0 Å². The summed E-state index contributed by atoms with van der Waals surface area (Å²) in [6, 6.07) is 0. The molecule has 0 spiro atoms. The number of esters is 1. The van der Waals surface area contributed by atoms with Crippen LogP contribution in [-0.2, 0) is 28.6 Å². The molecule has 2 fully saturated rings.